The van der Waals surface area contributed by atoms with E-state index in [9.17, 15) is 35.1 Å². The highest BCUT2D eigenvalue weighted by molar-refractivity contribution is 7.22. The van der Waals surface area contributed by atoms with E-state index in [-0.39, 0.29) is 17.3 Å². The summed E-state index contributed by atoms with van der Waals surface area (Å²) in [4.78, 5) is 28.7. The van der Waals surface area contributed by atoms with Crippen molar-refractivity contribution in [1.29, 1.82) is 0 Å². The Morgan fingerprint density at radius 1 is 0.870 bits per heavy atom. The van der Waals surface area contributed by atoms with E-state index in [0.29, 0.717) is 33.7 Å². The minimum absolute atomic E-state index is 0.0855. The van der Waals surface area contributed by atoms with Crippen molar-refractivity contribution >= 4 is 33.2 Å². The summed E-state index contributed by atoms with van der Waals surface area (Å²) in [6, 6.07) is 18.4. The van der Waals surface area contributed by atoms with Crippen LogP contribution in [0, 0.1) is 0 Å². The predicted molar refractivity (Wildman–Crippen MR) is 170 cm³/mol. The van der Waals surface area contributed by atoms with Crippen LogP contribution in [0.25, 0.3) is 20.5 Å². The van der Waals surface area contributed by atoms with Gasteiger partial charge in [-0.25, -0.2) is 4.79 Å². The number of thiophene rings is 1. The van der Waals surface area contributed by atoms with Crippen molar-refractivity contribution in [3.05, 3.63) is 77.9 Å². The number of aromatic hydroxyl groups is 1. The number of aliphatic hydroxyl groups excluding tert-OH is 3. The summed E-state index contributed by atoms with van der Waals surface area (Å²) in [5.41, 5.74) is 1.54. The highest BCUT2D eigenvalue weighted by atomic mass is 32.1. The maximum atomic E-state index is 14.1. The molecule has 5 atom stereocenters. The average Bonchev–Trinajstić information content (AvgIpc) is 3.44. The van der Waals surface area contributed by atoms with E-state index in [1.165, 1.54) is 30.6 Å². The second-order valence-corrected chi connectivity index (χ2v) is 12.5. The number of ether oxygens (including phenoxy) is 3. The Balaban J connectivity index is 1.28. The number of phenolic OH excluding ortho intramolecular Hbond substituents is 1. The Bertz CT molecular complexity index is 1680. The van der Waals surface area contributed by atoms with Gasteiger partial charge in [0.05, 0.1) is 0 Å². The molecule has 46 heavy (non-hydrogen) atoms. The Morgan fingerprint density at radius 2 is 1.57 bits per heavy atom. The number of hydrogen-bond acceptors (Lipinski definition) is 11. The number of carboxylic acid groups (broad SMARTS) is 1. The van der Waals surface area contributed by atoms with Crippen LogP contribution in [0.2, 0.25) is 0 Å². The molecule has 0 radical (unpaired) electrons. The van der Waals surface area contributed by atoms with E-state index in [0.717, 1.165) is 29.9 Å². The number of fused-ring (bicyclic) bond motifs is 1. The van der Waals surface area contributed by atoms with Crippen molar-refractivity contribution < 1.29 is 49.3 Å². The zero-order valence-corrected chi connectivity index (χ0v) is 25.6. The number of carbonyl (C=O) groups is 2. The van der Waals surface area contributed by atoms with Gasteiger partial charge >= 0.3 is 5.97 Å². The number of likely N-dealkylation sites (tertiary alicyclic amines) is 1. The zero-order valence-electron chi connectivity index (χ0n) is 24.8. The van der Waals surface area contributed by atoms with Gasteiger partial charge in [0.2, 0.25) is 6.29 Å². The van der Waals surface area contributed by atoms with E-state index < -0.39 is 36.7 Å². The molecule has 242 valence electrons. The topological polar surface area (TPSA) is 166 Å². The molecule has 0 aliphatic carbocycles. The van der Waals surface area contributed by atoms with Gasteiger partial charge in [-0.15, -0.1) is 11.3 Å². The summed E-state index contributed by atoms with van der Waals surface area (Å²) in [6.07, 6.45) is -5.13. The third-order valence-electron chi connectivity index (χ3n) is 8.32. The largest absolute Gasteiger partial charge is 0.508 e. The summed E-state index contributed by atoms with van der Waals surface area (Å²) in [7, 11) is 0. The van der Waals surface area contributed by atoms with Gasteiger partial charge in [-0.1, -0.05) is 6.42 Å². The normalized spacial score (nSPS) is 23.7. The lowest BCUT2D eigenvalue weighted by atomic mass is 9.97. The Hall–Kier alpha value is -4.04. The maximum absolute atomic E-state index is 14.1. The van der Waals surface area contributed by atoms with Crippen molar-refractivity contribution in [2.24, 2.45) is 0 Å². The van der Waals surface area contributed by atoms with Crippen LogP contribution in [0.4, 0.5) is 0 Å². The van der Waals surface area contributed by atoms with Gasteiger partial charge < -0.3 is 39.7 Å². The second-order valence-electron chi connectivity index (χ2n) is 11.5. The fourth-order valence-electron chi connectivity index (χ4n) is 5.80. The lowest BCUT2D eigenvalue weighted by Crippen LogP contribution is -2.61. The quantitative estimate of drug-likeness (QED) is 0.159. The highest BCUT2D eigenvalue weighted by Crippen LogP contribution is 2.42. The van der Waals surface area contributed by atoms with Gasteiger partial charge in [0, 0.05) is 32.6 Å². The Labute approximate surface area is 268 Å². The molecular weight excluding hydrogens is 614 g/mol. The molecule has 6 rings (SSSR count). The molecule has 5 N–H and O–H groups in total. The fraction of sp³-hybridized carbons (Fsp3) is 0.353. The van der Waals surface area contributed by atoms with Crippen molar-refractivity contribution in [1.82, 2.24) is 4.90 Å². The smallest absolute Gasteiger partial charge is 0.335 e. The zero-order chi connectivity index (χ0) is 32.4. The standard InChI is InChI=1S/C34H35NO10S/c36-21-8-4-20(5-9-21)32-26(27(37)19-6-10-22(11-7-19)43-17-16-35-14-2-1-3-15-35)24-18-23(12-13-25(24)46-32)44-34-30(40)28(38)29(39)31(45-34)33(41)42/h4-13,18,28-31,34,36,38-40H,1-3,14-17H2,(H,41,42)/t28-,29-,30+,31-,34+/m0/s1. The molecular formula is C34H35NO10S. The van der Waals surface area contributed by atoms with E-state index in [1.807, 2.05) is 0 Å². The monoisotopic (exact) mass is 649 g/mol. The third kappa shape index (κ3) is 6.73. The van der Waals surface area contributed by atoms with Crippen LogP contribution in [-0.2, 0) is 9.53 Å². The van der Waals surface area contributed by atoms with Crippen molar-refractivity contribution in [3.8, 4) is 27.7 Å². The van der Waals surface area contributed by atoms with Crippen molar-refractivity contribution in [3.63, 3.8) is 0 Å². The number of rotatable bonds is 10. The molecule has 1 aromatic heterocycles. The van der Waals surface area contributed by atoms with Crippen molar-refractivity contribution in [2.75, 3.05) is 26.2 Å². The minimum atomic E-state index is -1.85. The van der Waals surface area contributed by atoms with E-state index in [4.69, 9.17) is 14.2 Å². The number of aliphatic hydroxyl groups is 3. The van der Waals surface area contributed by atoms with Gasteiger partial charge in [-0.05, 0) is 98.2 Å². The van der Waals surface area contributed by atoms with E-state index in [2.05, 4.69) is 4.90 Å². The van der Waals surface area contributed by atoms with Crippen LogP contribution in [-0.4, -0.2) is 99.1 Å². The van der Waals surface area contributed by atoms with Crippen LogP contribution in [0.1, 0.15) is 35.2 Å². The third-order valence-corrected chi connectivity index (χ3v) is 9.54. The van der Waals surface area contributed by atoms with Crippen LogP contribution in [0.3, 0.4) is 0 Å². The fourth-order valence-corrected chi connectivity index (χ4v) is 6.98. The lowest BCUT2D eigenvalue weighted by molar-refractivity contribution is -0.271. The Kier molecular flexibility index (Phi) is 9.54. The molecule has 4 aromatic rings. The maximum Gasteiger partial charge on any atom is 0.335 e. The first kappa shape index (κ1) is 31.9. The number of carboxylic acids is 1. The van der Waals surface area contributed by atoms with Crippen LogP contribution >= 0.6 is 11.3 Å². The molecule has 2 saturated heterocycles. The van der Waals surface area contributed by atoms with Gasteiger partial charge in [0.1, 0.15) is 42.2 Å². The van der Waals surface area contributed by atoms with Crippen LogP contribution < -0.4 is 9.47 Å². The van der Waals surface area contributed by atoms with E-state index in [1.54, 1.807) is 66.7 Å². The van der Waals surface area contributed by atoms with Gasteiger partial charge in [-0.3, -0.25) is 9.69 Å². The number of phenols is 1. The summed E-state index contributed by atoms with van der Waals surface area (Å²) < 4.78 is 17.8. The minimum Gasteiger partial charge on any atom is -0.508 e. The predicted octanol–water partition coefficient (Wildman–Crippen LogP) is 3.64. The van der Waals surface area contributed by atoms with Gasteiger partial charge in [-0.2, -0.15) is 0 Å². The molecule has 2 fully saturated rings. The van der Waals surface area contributed by atoms with Crippen LogP contribution in [0.15, 0.2) is 66.7 Å². The number of carbonyl (C=O) groups excluding carboxylic acids is 1. The molecule has 0 saturated carbocycles. The summed E-state index contributed by atoms with van der Waals surface area (Å²) in [6.45, 7) is 3.58. The molecule has 0 unspecified atom stereocenters. The molecule has 3 aromatic carbocycles. The van der Waals surface area contributed by atoms with Gasteiger partial charge in [0.15, 0.2) is 11.9 Å². The second kappa shape index (κ2) is 13.8. The number of ketones is 1. The molecule has 11 nitrogen and oxygen atoms in total. The summed E-state index contributed by atoms with van der Waals surface area (Å²) >= 11 is 1.38. The number of benzene rings is 3. The first-order valence-corrected chi connectivity index (χ1v) is 16.0. The molecule has 2 aliphatic rings. The van der Waals surface area contributed by atoms with Crippen molar-refractivity contribution in [2.45, 2.75) is 50.0 Å². The number of aliphatic carboxylic acids is 1. The lowest BCUT2D eigenvalue weighted by Gasteiger charge is -2.38. The van der Waals surface area contributed by atoms with Gasteiger partial charge in [0.25, 0.3) is 0 Å². The Morgan fingerprint density at radius 3 is 2.26 bits per heavy atom. The van der Waals surface area contributed by atoms with E-state index >= 15 is 0 Å². The first-order valence-electron chi connectivity index (χ1n) is 15.1. The van der Waals surface area contributed by atoms with Crippen LogP contribution in [0.5, 0.6) is 17.2 Å². The molecule has 3 heterocycles. The molecule has 0 amide bonds. The number of hydrogen-bond donors (Lipinski definition) is 5. The summed E-state index contributed by atoms with van der Waals surface area (Å²) in [5, 5.41) is 50.5. The average molecular weight is 650 g/mol. The highest BCUT2D eigenvalue weighted by Gasteiger charge is 2.48. The molecule has 2 aliphatic heterocycles. The number of piperidine rings is 1. The molecule has 0 spiro atoms. The molecule has 12 heteroatoms. The SMILES string of the molecule is O=C(c1ccc(OCCN2CCCCC2)cc1)c1c(-c2ccc(O)cc2)sc2ccc(O[C@@H]3O[C@H](C(=O)O)[C@@H](O)[C@H](O)[C@H]3O)cc12. The molecule has 0 bridgehead atoms. The first-order chi connectivity index (χ1) is 22.2. The summed E-state index contributed by atoms with van der Waals surface area (Å²) in [5.74, 6) is -0.890. The number of nitrogens with zero attached hydrogens (tertiary/aromatic N) is 1.